The highest BCUT2D eigenvalue weighted by molar-refractivity contribution is 5.91. The second kappa shape index (κ2) is 5.50. The number of benzene rings is 1. The Labute approximate surface area is 119 Å². The number of aromatic nitrogens is 1. The van der Waals surface area contributed by atoms with Crippen molar-refractivity contribution in [1.82, 2.24) is 4.98 Å². The van der Waals surface area contributed by atoms with Crippen molar-refractivity contribution in [1.29, 1.82) is 0 Å². The number of fused-ring (bicyclic) bond motifs is 1. The van der Waals surface area contributed by atoms with Crippen LogP contribution >= 0.6 is 0 Å². The average molecular weight is 300 g/mol. The summed E-state index contributed by atoms with van der Waals surface area (Å²) in [6.45, 7) is -0.166. The van der Waals surface area contributed by atoms with Crippen LogP contribution in [-0.4, -0.2) is 33.5 Å². The van der Waals surface area contributed by atoms with Crippen LogP contribution in [-0.2, 0) is 6.61 Å². The molecule has 0 aliphatic rings. The number of anilines is 1. The second-order valence-corrected chi connectivity index (χ2v) is 4.96. The number of halogens is 3. The molecule has 2 aromatic rings. The van der Waals surface area contributed by atoms with E-state index in [0.717, 1.165) is 0 Å². The lowest BCUT2D eigenvalue weighted by atomic mass is 10.1. The SMILES string of the molecule is CC(O)(CNc1cccc2nc(CO)ccc12)C(F)(F)F. The monoisotopic (exact) mass is 300 g/mol. The molecule has 1 atom stereocenters. The molecule has 0 bridgehead atoms. The molecule has 0 spiro atoms. The number of aliphatic hydroxyl groups is 2. The van der Waals surface area contributed by atoms with Crippen LogP contribution < -0.4 is 5.32 Å². The molecule has 1 unspecified atom stereocenters. The fourth-order valence-corrected chi connectivity index (χ4v) is 1.81. The van der Waals surface area contributed by atoms with Gasteiger partial charge in [0.25, 0.3) is 0 Å². The molecule has 0 radical (unpaired) electrons. The summed E-state index contributed by atoms with van der Waals surface area (Å²) in [5.41, 5.74) is -1.36. The molecule has 0 aliphatic carbocycles. The fraction of sp³-hybridized carbons (Fsp3) is 0.357. The van der Waals surface area contributed by atoms with Gasteiger partial charge >= 0.3 is 6.18 Å². The van der Waals surface area contributed by atoms with Crippen LogP contribution in [0.1, 0.15) is 12.6 Å². The number of alkyl halides is 3. The van der Waals surface area contributed by atoms with Gasteiger partial charge in [-0.05, 0) is 31.2 Å². The first-order valence-electron chi connectivity index (χ1n) is 6.27. The lowest BCUT2D eigenvalue weighted by Gasteiger charge is -2.27. The third-order valence-electron chi connectivity index (χ3n) is 3.19. The van der Waals surface area contributed by atoms with Crippen molar-refractivity contribution < 1.29 is 23.4 Å². The number of hydrogen-bond acceptors (Lipinski definition) is 4. The summed E-state index contributed by atoms with van der Waals surface area (Å²) < 4.78 is 37.9. The summed E-state index contributed by atoms with van der Waals surface area (Å²) in [5, 5.41) is 21.7. The summed E-state index contributed by atoms with van der Waals surface area (Å²) in [7, 11) is 0. The van der Waals surface area contributed by atoms with Crippen molar-refractivity contribution in [2.45, 2.75) is 25.3 Å². The molecule has 0 saturated heterocycles. The Morgan fingerprint density at radius 3 is 2.52 bits per heavy atom. The van der Waals surface area contributed by atoms with E-state index < -0.39 is 18.3 Å². The van der Waals surface area contributed by atoms with E-state index in [0.29, 0.717) is 29.2 Å². The predicted octanol–water partition coefficient (Wildman–Crippen LogP) is 2.45. The maximum absolute atomic E-state index is 12.6. The Morgan fingerprint density at radius 2 is 1.90 bits per heavy atom. The van der Waals surface area contributed by atoms with Crippen molar-refractivity contribution in [3.8, 4) is 0 Å². The molecule has 114 valence electrons. The number of hydrogen-bond donors (Lipinski definition) is 3. The topological polar surface area (TPSA) is 65.4 Å². The summed E-state index contributed by atoms with van der Waals surface area (Å²) in [5.74, 6) is 0. The molecular weight excluding hydrogens is 285 g/mol. The maximum atomic E-state index is 12.6. The van der Waals surface area contributed by atoms with Crippen molar-refractivity contribution in [3.63, 3.8) is 0 Å². The Morgan fingerprint density at radius 1 is 1.19 bits per heavy atom. The highest BCUT2D eigenvalue weighted by Gasteiger charge is 2.49. The first kappa shape index (κ1) is 15.5. The Bertz CT molecular complexity index is 642. The standard InChI is InChI=1S/C14H15F3N2O2/c1-13(21,14(15,16)17)8-18-11-3-2-4-12-10(11)6-5-9(7-20)19-12/h2-6,18,20-21H,7-8H2,1H3. The summed E-state index contributed by atoms with van der Waals surface area (Å²) in [6, 6.07) is 8.20. The Balaban J connectivity index is 2.27. The lowest BCUT2D eigenvalue weighted by molar-refractivity contribution is -0.246. The lowest BCUT2D eigenvalue weighted by Crippen LogP contribution is -2.47. The molecule has 21 heavy (non-hydrogen) atoms. The molecular formula is C14H15F3N2O2. The first-order valence-corrected chi connectivity index (χ1v) is 6.27. The van der Waals surface area contributed by atoms with Gasteiger partial charge in [0.1, 0.15) is 0 Å². The van der Waals surface area contributed by atoms with Crippen LogP contribution in [0.5, 0.6) is 0 Å². The van der Waals surface area contributed by atoms with Gasteiger partial charge in [0.05, 0.1) is 24.4 Å². The third-order valence-corrected chi connectivity index (χ3v) is 3.19. The average Bonchev–Trinajstić information content (AvgIpc) is 2.43. The van der Waals surface area contributed by atoms with Crippen molar-refractivity contribution in [2.75, 3.05) is 11.9 Å². The molecule has 0 amide bonds. The van der Waals surface area contributed by atoms with Gasteiger partial charge in [-0.2, -0.15) is 13.2 Å². The van der Waals surface area contributed by atoms with Crippen LogP contribution in [0.25, 0.3) is 10.9 Å². The molecule has 1 aromatic carbocycles. The highest BCUT2D eigenvalue weighted by atomic mass is 19.4. The molecule has 1 aromatic heterocycles. The third kappa shape index (κ3) is 3.25. The van der Waals surface area contributed by atoms with Gasteiger partial charge in [-0.1, -0.05) is 6.07 Å². The Hall–Kier alpha value is -1.86. The van der Waals surface area contributed by atoms with Crippen LogP contribution in [0.3, 0.4) is 0 Å². The summed E-state index contributed by atoms with van der Waals surface area (Å²) in [4.78, 5) is 4.17. The number of rotatable bonds is 4. The van der Waals surface area contributed by atoms with E-state index in [4.69, 9.17) is 5.11 Å². The van der Waals surface area contributed by atoms with E-state index in [9.17, 15) is 18.3 Å². The minimum Gasteiger partial charge on any atom is -0.390 e. The number of pyridine rings is 1. The molecule has 3 N–H and O–H groups in total. The maximum Gasteiger partial charge on any atom is 0.418 e. The zero-order valence-corrected chi connectivity index (χ0v) is 11.3. The minimum absolute atomic E-state index is 0.212. The van der Waals surface area contributed by atoms with Crippen LogP contribution in [0, 0.1) is 0 Å². The van der Waals surface area contributed by atoms with E-state index in [2.05, 4.69) is 10.3 Å². The van der Waals surface area contributed by atoms with Crippen molar-refractivity contribution in [2.24, 2.45) is 0 Å². The van der Waals surface area contributed by atoms with Crippen molar-refractivity contribution in [3.05, 3.63) is 36.0 Å². The van der Waals surface area contributed by atoms with E-state index >= 15 is 0 Å². The zero-order valence-electron chi connectivity index (χ0n) is 11.3. The molecule has 0 fully saturated rings. The zero-order chi connectivity index (χ0) is 15.7. The van der Waals surface area contributed by atoms with Crippen LogP contribution in [0.2, 0.25) is 0 Å². The van der Waals surface area contributed by atoms with Gasteiger partial charge in [-0.15, -0.1) is 0 Å². The molecule has 0 saturated carbocycles. The largest absolute Gasteiger partial charge is 0.418 e. The number of nitrogens with one attached hydrogen (secondary N) is 1. The first-order chi connectivity index (χ1) is 9.74. The smallest absolute Gasteiger partial charge is 0.390 e. The van der Waals surface area contributed by atoms with E-state index in [1.165, 1.54) is 0 Å². The Kier molecular flexibility index (Phi) is 4.06. The molecule has 1 heterocycles. The minimum atomic E-state index is -4.72. The number of aliphatic hydroxyl groups excluding tert-OH is 1. The predicted molar refractivity (Wildman–Crippen MR) is 72.8 cm³/mol. The van der Waals surface area contributed by atoms with E-state index in [1.807, 2.05) is 0 Å². The van der Waals surface area contributed by atoms with Crippen LogP contribution in [0.15, 0.2) is 30.3 Å². The normalized spacial score (nSPS) is 15.0. The van der Waals surface area contributed by atoms with Gasteiger partial charge in [0.2, 0.25) is 0 Å². The number of nitrogens with zero attached hydrogens (tertiary/aromatic N) is 1. The van der Waals surface area contributed by atoms with E-state index in [-0.39, 0.29) is 6.61 Å². The van der Waals surface area contributed by atoms with Crippen molar-refractivity contribution >= 4 is 16.6 Å². The van der Waals surface area contributed by atoms with Gasteiger partial charge in [-0.3, -0.25) is 4.98 Å². The summed E-state index contributed by atoms with van der Waals surface area (Å²) >= 11 is 0. The molecule has 4 nitrogen and oxygen atoms in total. The molecule has 2 rings (SSSR count). The van der Waals surface area contributed by atoms with Gasteiger partial charge in [-0.25, -0.2) is 0 Å². The van der Waals surface area contributed by atoms with E-state index in [1.54, 1.807) is 30.3 Å². The van der Waals surface area contributed by atoms with Crippen LogP contribution in [0.4, 0.5) is 18.9 Å². The fourth-order valence-electron chi connectivity index (χ4n) is 1.81. The second-order valence-electron chi connectivity index (χ2n) is 4.96. The quantitative estimate of drug-likeness (QED) is 0.811. The van der Waals surface area contributed by atoms with Gasteiger partial charge < -0.3 is 15.5 Å². The molecule has 0 aliphatic heterocycles. The highest BCUT2D eigenvalue weighted by Crippen LogP contribution is 2.31. The molecule has 7 heteroatoms. The summed E-state index contributed by atoms with van der Waals surface area (Å²) in [6.07, 6.45) is -4.72. The van der Waals surface area contributed by atoms with Gasteiger partial charge in [0.15, 0.2) is 5.60 Å². The van der Waals surface area contributed by atoms with Gasteiger partial charge in [0, 0.05) is 11.1 Å².